The van der Waals surface area contributed by atoms with Crippen molar-refractivity contribution in [1.29, 1.82) is 0 Å². The lowest BCUT2D eigenvalue weighted by Gasteiger charge is -2.30. The minimum Gasteiger partial charge on any atom is -0.385 e. The van der Waals surface area contributed by atoms with Crippen LogP contribution >= 0.6 is 0 Å². The molecular weight excluding hydrogens is 346 g/mol. The summed E-state index contributed by atoms with van der Waals surface area (Å²) in [6, 6.07) is 8.06. The van der Waals surface area contributed by atoms with Gasteiger partial charge in [-0.3, -0.25) is 4.79 Å². The summed E-state index contributed by atoms with van der Waals surface area (Å²) in [6.07, 6.45) is 3.80. The third kappa shape index (κ3) is 5.38. The fraction of sp³-hybridized carbons (Fsp3) is 0.421. The molecule has 1 aromatic carbocycles. The molecule has 144 valence electrons. The predicted molar refractivity (Wildman–Crippen MR) is 104 cm³/mol. The van der Waals surface area contributed by atoms with E-state index < -0.39 is 0 Å². The van der Waals surface area contributed by atoms with Crippen LogP contribution in [0.5, 0.6) is 0 Å². The molecule has 0 unspecified atom stereocenters. The second-order valence-corrected chi connectivity index (χ2v) is 6.13. The van der Waals surface area contributed by atoms with Gasteiger partial charge in [0.1, 0.15) is 11.5 Å². The fourth-order valence-electron chi connectivity index (χ4n) is 2.82. The van der Waals surface area contributed by atoms with Crippen LogP contribution in [0.1, 0.15) is 16.9 Å². The van der Waals surface area contributed by atoms with Crippen molar-refractivity contribution in [2.45, 2.75) is 6.42 Å². The van der Waals surface area contributed by atoms with Crippen molar-refractivity contribution in [3.63, 3.8) is 0 Å². The van der Waals surface area contributed by atoms with Gasteiger partial charge in [-0.2, -0.15) is 0 Å². The van der Waals surface area contributed by atoms with Crippen LogP contribution in [-0.2, 0) is 9.47 Å². The van der Waals surface area contributed by atoms with E-state index in [0.717, 1.165) is 44.1 Å². The van der Waals surface area contributed by atoms with Gasteiger partial charge < -0.3 is 25.0 Å². The summed E-state index contributed by atoms with van der Waals surface area (Å²) in [5.74, 6) is 0.352. The fourth-order valence-corrected chi connectivity index (χ4v) is 2.82. The molecule has 1 aromatic heterocycles. The summed E-state index contributed by atoms with van der Waals surface area (Å²) >= 11 is 0. The Morgan fingerprint density at radius 2 is 2.04 bits per heavy atom. The van der Waals surface area contributed by atoms with E-state index in [0.29, 0.717) is 24.7 Å². The smallest absolute Gasteiger partial charge is 0.271 e. The highest BCUT2D eigenvalue weighted by atomic mass is 16.5. The van der Waals surface area contributed by atoms with Gasteiger partial charge in [-0.1, -0.05) is 12.1 Å². The molecular formula is C19H25N5O3. The number of nitrogens with one attached hydrogen (secondary N) is 2. The standard InChI is InChI=1S/C19H25N5O3/c1-26-10-4-7-20-19(25)16-13-22-18(14-21-16)23-15-5-2-3-6-17(15)24-8-11-27-12-9-24/h2-3,5-6,13-14H,4,7-12H2,1H3,(H,20,25)(H,22,23). The van der Waals surface area contributed by atoms with Crippen molar-refractivity contribution in [3.05, 3.63) is 42.4 Å². The molecule has 2 heterocycles. The van der Waals surface area contributed by atoms with Crippen LogP contribution in [0.2, 0.25) is 0 Å². The Kier molecular flexibility index (Phi) is 6.95. The lowest BCUT2D eigenvalue weighted by molar-refractivity contribution is 0.0943. The Morgan fingerprint density at radius 3 is 2.78 bits per heavy atom. The van der Waals surface area contributed by atoms with Crippen LogP contribution in [0.15, 0.2) is 36.7 Å². The minimum absolute atomic E-state index is 0.237. The molecule has 2 N–H and O–H groups in total. The molecule has 0 bridgehead atoms. The average molecular weight is 371 g/mol. The van der Waals surface area contributed by atoms with Crippen LogP contribution in [-0.4, -0.2) is 62.4 Å². The molecule has 1 saturated heterocycles. The van der Waals surface area contributed by atoms with Gasteiger partial charge in [0.2, 0.25) is 0 Å². The molecule has 3 rings (SSSR count). The van der Waals surface area contributed by atoms with E-state index in [1.54, 1.807) is 13.3 Å². The van der Waals surface area contributed by atoms with Crippen LogP contribution in [0.3, 0.4) is 0 Å². The second kappa shape index (κ2) is 9.84. The molecule has 0 spiro atoms. The normalized spacial score (nSPS) is 14.0. The maximum atomic E-state index is 12.0. The number of para-hydroxylation sites is 2. The van der Waals surface area contributed by atoms with Crippen molar-refractivity contribution in [1.82, 2.24) is 15.3 Å². The summed E-state index contributed by atoms with van der Waals surface area (Å²) in [7, 11) is 1.64. The number of hydrogen-bond donors (Lipinski definition) is 2. The largest absolute Gasteiger partial charge is 0.385 e. The molecule has 8 heteroatoms. The first-order chi connectivity index (χ1) is 13.3. The molecule has 8 nitrogen and oxygen atoms in total. The third-order valence-corrected chi connectivity index (χ3v) is 4.21. The van der Waals surface area contributed by atoms with E-state index >= 15 is 0 Å². The van der Waals surface area contributed by atoms with E-state index in [-0.39, 0.29) is 5.91 Å². The van der Waals surface area contributed by atoms with E-state index in [1.165, 1.54) is 6.20 Å². The highest BCUT2D eigenvalue weighted by Gasteiger charge is 2.15. The van der Waals surface area contributed by atoms with Crippen molar-refractivity contribution in [3.8, 4) is 0 Å². The maximum absolute atomic E-state index is 12.0. The Labute approximate surface area is 158 Å². The summed E-state index contributed by atoms with van der Waals surface area (Å²) in [6.45, 7) is 4.31. The summed E-state index contributed by atoms with van der Waals surface area (Å²) in [5, 5.41) is 6.09. The SMILES string of the molecule is COCCCNC(=O)c1cnc(Nc2ccccc2N2CCOCC2)cn1. The first-order valence-electron chi connectivity index (χ1n) is 9.06. The molecule has 1 aliphatic rings. The van der Waals surface area contributed by atoms with E-state index in [1.807, 2.05) is 18.2 Å². The van der Waals surface area contributed by atoms with Gasteiger partial charge in [-0.25, -0.2) is 9.97 Å². The van der Waals surface area contributed by atoms with Crippen LogP contribution < -0.4 is 15.5 Å². The Morgan fingerprint density at radius 1 is 1.22 bits per heavy atom. The quantitative estimate of drug-likeness (QED) is 0.684. The number of anilines is 3. The lowest BCUT2D eigenvalue weighted by atomic mass is 10.2. The second-order valence-electron chi connectivity index (χ2n) is 6.13. The highest BCUT2D eigenvalue weighted by molar-refractivity contribution is 5.92. The first-order valence-corrected chi connectivity index (χ1v) is 9.06. The number of carbonyl (C=O) groups is 1. The van der Waals surface area contributed by atoms with Crippen molar-refractivity contribution < 1.29 is 14.3 Å². The third-order valence-electron chi connectivity index (χ3n) is 4.21. The number of methoxy groups -OCH3 is 1. The number of hydrogen-bond acceptors (Lipinski definition) is 7. The molecule has 1 aliphatic heterocycles. The van der Waals surface area contributed by atoms with Crippen molar-refractivity contribution in [2.24, 2.45) is 0 Å². The van der Waals surface area contributed by atoms with Crippen LogP contribution in [0.25, 0.3) is 0 Å². The van der Waals surface area contributed by atoms with Gasteiger partial charge in [0, 0.05) is 33.4 Å². The Hall–Kier alpha value is -2.71. The van der Waals surface area contributed by atoms with Gasteiger partial charge in [0.05, 0.1) is 37.0 Å². The zero-order valence-corrected chi connectivity index (χ0v) is 15.5. The molecule has 1 amide bonds. The number of morpholine rings is 1. The summed E-state index contributed by atoms with van der Waals surface area (Å²) < 4.78 is 10.4. The van der Waals surface area contributed by atoms with Gasteiger partial charge in [0.25, 0.3) is 5.91 Å². The van der Waals surface area contributed by atoms with Crippen molar-refractivity contribution in [2.75, 3.05) is 56.8 Å². The maximum Gasteiger partial charge on any atom is 0.271 e. The number of aromatic nitrogens is 2. The lowest BCUT2D eigenvalue weighted by Crippen LogP contribution is -2.36. The zero-order valence-electron chi connectivity index (χ0n) is 15.5. The Bertz CT molecular complexity index is 732. The molecule has 0 atom stereocenters. The molecule has 0 saturated carbocycles. The molecule has 0 aliphatic carbocycles. The van der Waals surface area contributed by atoms with Gasteiger partial charge in [-0.05, 0) is 18.6 Å². The molecule has 2 aromatic rings. The monoisotopic (exact) mass is 371 g/mol. The van der Waals surface area contributed by atoms with Gasteiger partial charge in [0.15, 0.2) is 0 Å². The number of carbonyl (C=O) groups excluding carboxylic acids is 1. The number of amides is 1. The van der Waals surface area contributed by atoms with E-state index in [2.05, 4.69) is 31.6 Å². The molecule has 27 heavy (non-hydrogen) atoms. The number of rotatable bonds is 8. The van der Waals surface area contributed by atoms with Gasteiger partial charge in [-0.15, -0.1) is 0 Å². The van der Waals surface area contributed by atoms with Crippen LogP contribution in [0.4, 0.5) is 17.2 Å². The highest BCUT2D eigenvalue weighted by Crippen LogP contribution is 2.28. The van der Waals surface area contributed by atoms with Gasteiger partial charge >= 0.3 is 0 Å². The van der Waals surface area contributed by atoms with Crippen molar-refractivity contribution >= 4 is 23.1 Å². The zero-order chi connectivity index (χ0) is 18.9. The molecule has 1 fully saturated rings. The topological polar surface area (TPSA) is 88.6 Å². The number of ether oxygens (including phenoxy) is 2. The van der Waals surface area contributed by atoms with Crippen LogP contribution in [0, 0.1) is 0 Å². The average Bonchev–Trinajstić information content (AvgIpc) is 2.73. The molecule has 0 radical (unpaired) electrons. The first kappa shape index (κ1) is 19.1. The number of nitrogens with zero attached hydrogens (tertiary/aromatic N) is 3. The minimum atomic E-state index is -0.237. The summed E-state index contributed by atoms with van der Waals surface area (Å²) in [4.78, 5) is 22.9. The van der Waals surface area contributed by atoms with E-state index in [9.17, 15) is 4.79 Å². The predicted octanol–water partition coefficient (Wildman–Crippen LogP) is 1.82. The Balaban J connectivity index is 1.62. The van der Waals surface area contributed by atoms with E-state index in [4.69, 9.17) is 9.47 Å². The number of benzene rings is 1. The summed E-state index contributed by atoms with van der Waals surface area (Å²) in [5.41, 5.74) is 2.34.